The van der Waals surface area contributed by atoms with Crippen LogP contribution in [0.5, 0.6) is 11.5 Å². The number of methoxy groups -OCH3 is 1. The molecule has 0 saturated carbocycles. The van der Waals surface area contributed by atoms with Crippen molar-refractivity contribution in [2.24, 2.45) is 0 Å². The number of rotatable bonds is 9. The zero-order valence-electron chi connectivity index (χ0n) is 23.9. The summed E-state index contributed by atoms with van der Waals surface area (Å²) in [4.78, 5) is 2.52. The predicted molar refractivity (Wildman–Crippen MR) is 167 cm³/mol. The first-order chi connectivity index (χ1) is 20.2. The Bertz CT molecular complexity index is 1650. The van der Waals surface area contributed by atoms with Gasteiger partial charge in [-0.25, -0.2) is 0 Å². The van der Waals surface area contributed by atoms with E-state index in [2.05, 4.69) is 100 Å². The van der Waals surface area contributed by atoms with E-state index in [1.165, 1.54) is 82.3 Å². The molecular weight excluding hydrogens is 504 g/mol. The lowest BCUT2D eigenvalue weighted by Gasteiger charge is -2.26. The van der Waals surface area contributed by atoms with Gasteiger partial charge < -0.3 is 14.0 Å². The van der Waals surface area contributed by atoms with E-state index in [9.17, 15) is 0 Å². The zero-order chi connectivity index (χ0) is 27.6. The molecule has 1 aromatic heterocycles. The summed E-state index contributed by atoms with van der Waals surface area (Å²) >= 11 is 0. The van der Waals surface area contributed by atoms with E-state index >= 15 is 0 Å². The Kier molecular flexibility index (Phi) is 7.24. The predicted octanol–water partition coefficient (Wildman–Crippen LogP) is 7.72. The highest BCUT2D eigenvalue weighted by Crippen LogP contribution is 2.44. The SMILES string of the molecule is COc1ccc2c(c1)c1c(n2Cc2ccc(OCCN3CCCCC3)cc2)-c2ccc(Cc3ccccc3)cc2C1. The molecule has 7 rings (SSSR count). The van der Waals surface area contributed by atoms with Crippen LogP contribution in [0.15, 0.2) is 91.0 Å². The molecule has 0 unspecified atom stereocenters. The second-order valence-electron chi connectivity index (χ2n) is 11.5. The number of aromatic nitrogens is 1. The number of piperidine rings is 1. The molecule has 0 amide bonds. The van der Waals surface area contributed by atoms with Crippen LogP contribution in [0, 0.1) is 0 Å². The molecule has 0 N–H and O–H groups in total. The molecule has 2 heterocycles. The van der Waals surface area contributed by atoms with Crippen molar-refractivity contribution in [2.45, 2.75) is 38.6 Å². The van der Waals surface area contributed by atoms with Gasteiger partial charge in [-0.3, -0.25) is 4.90 Å². The number of ether oxygens (including phenoxy) is 2. The lowest BCUT2D eigenvalue weighted by molar-refractivity contribution is 0.183. The van der Waals surface area contributed by atoms with Crippen molar-refractivity contribution in [3.63, 3.8) is 0 Å². The molecule has 0 bridgehead atoms. The molecule has 4 heteroatoms. The molecule has 0 spiro atoms. The maximum atomic E-state index is 6.11. The van der Waals surface area contributed by atoms with E-state index in [0.717, 1.165) is 44.0 Å². The summed E-state index contributed by atoms with van der Waals surface area (Å²) in [6.45, 7) is 5.00. The summed E-state index contributed by atoms with van der Waals surface area (Å²) in [5, 5.41) is 1.29. The average Bonchev–Trinajstić information content (AvgIpc) is 3.53. The van der Waals surface area contributed by atoms with Gasteiger partial charge in [-0.05, 0) is 90.5 Å². The fraction of sp³-hybridized carbons (Fsp3) is 0.297. The molecule has 0 radical (unpaired) electrons. The summed E-state index contributed by atoms with van der Waals surface area (Å²) in [5.74, 6) is 1.86. The molecule has 2 aliphatic rings. The van der Waals surface area contributed by atoms with Crippen molar-refractivity contribution < 1.29 is 9.47 Å². The number of benzene rings is 4. The summed E-state index contributed by atoms with van der Waals surface area (Å²) in [7, 11) is 1.75. The maximum absolute atomic E-state index is 6.11. The average molecular weight is 543 g/mol. The van der Waals surface area contributed by atoms with Crippen molar-refractivity contribution in [3.05, 3.63) is 119 Å². The van der Waals surface area contributed by atoms with Gasteiger partial charge in [0, 0.05) is 36.0 Å². The van der Waals surface area contributed by atoms with Crippen molar-refractivity contribution in [1.29, 1.82) is 0 Å². The zero-order valence-corrected chi connectivity index (χ0v) is 23.9. The molecule has 41 heavy (non-hydrogen) atoms. The quantitative estimate of drug-likeness (QED) is 0.187. The first-order valence-electron chi connectivity index (χ1n) is 15.0. The van der Waals surface area contributed by atoms with Crippen LogP contribution in [0.4, 0.5) is 0 Å². The number of likely N-dealkylation sites (tertiary alicyclic amines) is 1. The molecular formula is C37H38N2O2. The highest BCUT2D eigenvalue weighted by atomic mass is 16.5. The monoisotopic (exact) mass is 542 g/mol. The Morgan fingerprint density at radius 3 is 2.32 bits per heavy atom. The number of fused-ring (bicyclic) bond motifs is 5. The molecule has 0 atom stereocenters. The van der Waals surface area contributed by atoms with Gasteiger partial charge in [-0.15, -0.1) is 0 Å². The van der Waals surface area contributed by atoms with Crippen LogP contribution < -0.4 is 9.47 Å². The van der Waals surface area contributed by atoms with Gasteiger partial charge in [-0.1, -0.05) is 67.1 Å². The summed E-state index contributed by atoms with van der Waals surface area (Å²) in [6.07, 6.45) is 5.91. The Labute approximate surface area is 243 Å². The molecule has 1 saturated heterocycles. The van der Waals surface area contributed by atoms with E-state index in [1.807, 2.05) is 0 Å². The minimum Gasteiger partial charge on any atom is -0.497 e. The van der Waals surface area contributed by atoms with Crippen molar-refractivity contribution in [3.8, 4) is 22.8 Å². The number of nitrogens with zero attached hydrogens (tertiary/aromatic N) is 2. The smallest absolute Gasteiger partial charge is 0.119 e. The summed E-state index contributed by atoms with van der Waals surface area (Å²) in [6, 6.07) is 33.0. The van der Waals surface area contributed by atoms with Crippen LogP contribution in [0.1, 0.15) is 47.1 Å². The van der Waals surface area contributed by atoms with Gasteiger partial charge in [0.05, 0.1) is 12.8 Å². The van der Waals surface area contributed by atoms with Crippen LogP contribution >= 0.6 is 0 Å². The van der Waals surface area contributed by atoms with Crippen LogP contribution in [-0.4, -0.2) is 42.8 Å². The van der Waals surface area contributed by atoms with E-state index < -0.39 is 0 Å². The lowest BCUT2D eigenvalue weighted by Crippen LogP contribution is -2.33. The summed E-state index contributed by atoms with van der Waals surface area (Å²) in [5.41, 5.74) is 10.8. The van der Waals surface area contributed by atoms with Crippen LogP contribution in [-0.2, 0) is 19.4 Å². The normalized spacial score (nSPS) is 14.7. The van der Waals surface area contributed by atoms with Crippen molar-refractivity contribution in [1.82, 2.24) is 9.47 Å². The standard InChI is InChI=1S/C37H38N2O2/c1-40-32-15-17-36-34(25-32)35-24-30-23-29(22-27-8-4-2-5-9-27)12-16-33(30)37(35)39(36)26-28-10-13-31(14-11-28)41-21-20-38-18-6-3-7-19-38/h2,4-5,8-17,23,25H,3,6-7,18-22,24,26H2,1H3. The largest absolute Gasteiger partial charge is 0.497 e. The molecule has 1 aliphatic heterocycles. The molecule has 1 aliphatic carbocycles. The molecule has 1 fully saturated rings. The fourth-order valence-electron chi connectivity index (χ4n) is 6.69. The topological polar surface area (TPSA) is 26.6 Å². The number of hydrogen-bond donors (Lipinski definition) is 0. The van der Waals surface area contributed by atoms with Crippen molar-refractivity contribution >= 4 is 10.9 Å². The second-order valence-corrected chi connectivity index (χ2v) is 11.5. The van der Waals surface area contributed by atoms with Crippen LogP contribution in [0.25, 0.3) is 22.2 Å². The van der Waals surface area contributed by atoms with Gasteiger partial charge in [0.15, 0.2) is 0 Å². The molecule has 208 valence electrons. The Morgan fingerprint density at radius 1 is 0.732 bits per heavy atom. The highest BCUT2D eigenvalue weighted by molar-refractivity contribution is 5.96. The third kappa shape index (κ3) is 5.37. The minimum absolute atomic E-state index is 0.750. The third-order valence-electron chi connectivity index (χ3n) is 8.81. The van der Waals surface area contributed by atoms with Gasteiger partial charge >= 0.3 is 0 Å². The Balaban J connectivity index is 1.15. The van der Waals surface area contributed by atoms with Crippen molar-refractivity contribution in [2.75, 3.05) is 33.4 Å². The van der Waals surface area contributed by atoms with E-state index in [0.29, 0.717) is 0 Å². The maximum Gasteiger partial charge on any atom is 0.119 e. The van der Waals surface area contributed by atoms with E-state index in [-0.39, 0.29) is 0 Å². The molecule has 4 nitrogen and oxygen atoms in total. The fourth-order valence-corrected chi connectivity index (χ4v) is 6.69. The van der Waals surface area contributed by atoms with Crippen LogP contribution in [0.3, 0.4) is 0 Å². The van der Waals surface area contributed by atoms with Gasteiger partial charge in [0.25, 0.3) is 0 Å². The minimum atomic E-state index is 0.750. The molecule has 4 aromatic carbocycles. The van der Waals surface area contributed by atoms with E-state index in [4.69, 9.17) is 9.47 Å². The highest BCUT2D eigenvalue weighted by Gasteiger charge is 2.27. The first-order valence-corrected chi connectivity index (χ1v) is 15.0. The Hall–Kier alpha value is -4.02. The first kappa shape index (κ1) is 25.9. The Morgan fingerprint density at radius 2 is 1.51 bits per heavy atom. The van der Waals surface area contributed by atoms with Gasteiger partial charge in [0.2, 0.25) is 0 Å². The van der Waals surface area contributed by atoms with Gasteiger partial charge in [0.1, 0.15) is 18.1 Å². The van der Waals surface area contributed by atoms with Crippen LogP contribution in [0.2, 0.25) is 0 Å². The third-order valence-corrected chi connectivity index (χ3v) is 8.81. The lowest BCUT2D eigenvalue weighted by atomic mass is 10.00. The van der Waals surface area contributed by atoms with E-state index in [1.54, 1.807) is 7.11 Å². The molecule has 5 aromatic rings. The van der Waals surface area contributed by atoms with Gasteiger partial charge in [-0.2, -0.15) is 0 Å². The second kappa shape index (κ2) is 11.5. The summed E-state index contributed by atoms with van der Waals surface area (Å²) < 4.78 is 14.2. The number of hydrogen-bond acceptors (Lipinski definition) is 3.